The fourth-order valence-corrected chi connectivity index (χ4v) is 6.10. The van der Waals surface area contributed by atoms with Crippen LogP contribution in [0.5, 0.6) is 5.75 Å². The van der Waals surface area contributed by atoms with Gasteiger partial charge in [-0.3, -0.25) is 9.59 Å². The highest BCUT2D eigenvalue weighted by molar-refractivity contribution is 6.09. The van der Waals surface area contributed by atoms with E-state index in [0.717, 1.165) is 32.1 Å². The summed E-state index contributed by atoms with van der Waals surface area (Å²) < 4.78 is 5.72. The normalized spacial score (nSPS) is 32.9. The summed E-state index contributed by atoms with van der Waals surface area (Å²) in [5.74, 6) is 1.05. The van der Waals surface area contributed by atoms with Crippen molar-refractivity contribution >= 4 is 11.8 Å². The van der Waals surface area contributed by atoms with Crippen LogP contribution in [-0.2, 0) is 4.79 Å². The molecule has 4 atom stereocenters. The molecule has 0 heterocycles. The van der Waals surface area contributed by atoms with Crippen LogP contribution in [0.3, 0.4) is 0 Å². The van der Waals surface area contributed by atoms with Crippen molar-refractivity contribution in [2.24, 2.45) is 17.3 Å². The molecule has 144 valence electrons. The lowest BCUT2D eigenvalue weighted by Gasteiger charge is -2.58. The minimum absolute atomic E-state index is 0.0539. The maximum atomic E-state index is 13.0. The summed E-state index contributed by atoms with van der Waals surface area (Å²) in [4.78, 5) is 25.6. The Morgan fingerprint density at radius 2 is 1.46 bits per heavy atom. The lowest BCUT2D eigenvalue weighted by atomic mass is 9.48. The molecular weight excluding hydrogens is 352 g/mol. The van der Waals surface area contributed by atoms with Crippen LogP contribution < -0.4 is 4.74 Å². The summed E-state index contributed by atoms with van der Waals surface area (Å²) in [6.07, 6.45) is 4.97. The molecule has 2 unspecified atom stereocenters. The number of aliphatic hydroxyl groups is 1. The van der Waals surface area contributed by atoms with E-state index in [4.69, 9.17) is 4.74 Å². The second-order valence-electron chi connectivity index (χ2n) is 9.07. The van der Waals surface area contributed by atoms with Gasteiger partial charge in [0.1, 0.15) is 5.75 Å². The van der Waals surface area contributed by atoms with Crippen LogP contribution in [0.1, 0.15) is 54.4 Å². The minimum atomic E-state index is -0.685. The third-order valence-electron chi connectivity index (χ3n) is 6.83. The van der Waals surface area contributed by atoms with Gasteiger partial charge in [-0.25, -0.2) is 0 Å². The van der Waals surface area contributed by atoms with Crippen molar-refractivity contribution in [1.29, 1.82) is 0 Å². The number of carbonyl (C=O) groups excluding carboxylic acids is 2. The van der Waals surface area contributed by atoms with Crippen LogP contribution in [0.15, 0.2) is 54.6 Å². The van der Waals surface area contributed by atoms with E-state index in [2.05, 4.69) is 0 Å². The summed E-state index contributed by atoms with van der Waals surface area (Å²) >= 11 is 0. The molecule has 0 amide bonds. The van der Waals surface area contributed by atoms with Gasteiger partial charge < -0.3 is 9.84 Å². The molecule has 1 N–H and O–H groups in total. The zero-order chi connectivity index (χ0) is 19.4. The predicted octanol–water partition coefficient (Wildman–Crippen LogP) is 4.15. The van der Waals surface area contributed by atoms with E-state index in [1.807, 2.05) is 18.2 Å². The molecule has 4 heteroatoms. The highest BCUT2D eigenvalue weighted by Crippen LogP contribution is 2.61. The standard InChI is InChI=1S/C24H24O4/c25-21(18-4-2-1-3-5-18)19-6-8-20(9-7-19)28-22(26)23-11-16-10-17(12-23)14-24(27,13-16)15-23/h1-9,16-17,27H,10-15H2/t16-,17+,23?,24?. The van der Waals surface area contributed by atoms with Crippen molar-refractivity contribution in [2.75, 3.05) is 0 Å². The van der Waals surface area contributed by atoms with Crippen molar-refractivity contribution in [3.8, 4) is 5.75 Å². The van der Waals surface area contributed by atoms with Crippen molar-refractivity contribution in [1.82, 2.24) is 0 Å². The van der Waals surface area contributed by atoms with Gasteiger partial charge in [0.15, 0.2) is 5.78 Å². The topological polar surface area (TPSA) is 63.6 Å². The van der Waals surface area contributed by atoms with Gasteiger partial charge in [0.25, 0.3) is 0 Å². The van der Waals surface area contributed by atoms with Gasteiger partial charge >= 0.3 is 5.97 Å². The molecule has 2 aromatic carbocycles. The van der Waals surface area contributed by atoms with Crippen LogP contribution in [-0.4, -0.2) is 22.5 Å². The number of carbonyl (C=O) groups is 2. The van der Waals surface area contributed by atoms with E-state index in [1.54, 1.807) is 36.4 Å². The summed E-state index contributed by atoms with van der Waals surface area (Å²) in [5.41, 5.74) is -0.0314. The zero-order valence-corrected chi connectivity index (χ0v) is 15.8. The molecule has 6 rings (SSSR count). The number of hydrogen-bond acceptors (Lipinski definition) is 4. The van der Waals surface area contributed by atoms with Crippen LogP contribution in [0, 0.1) is 17.3 Å². The number of benzene rings is 2. The molecule has 28 heavy (non-hydrogen) atoms. The quantitative estimate of drug-likeness (QED) is 0.495. The highest BCUT2D eigenvalue weighted by Gasteiger charge is 2.61. The van der Waals surface area contributed by atoms with Gasteiger partial charge in [-0.05, 0) is 74.6 Å². The second-order valence-corrected chi connectivity index (χ2v) is 9.07. The molecule has 0 aliphatic heterocycles. The van der Waals surface area contributed by atoms with E-state index in [1.165, 1.54) is 0 Å². The van der Waals surface area contributed by atoms with Crippen LogP contribution >= 0.6 is 0 Å². The first kappa shape index (κ1) is 17.6. The Morgan fingerprint density at radius 1 is 0.857 bits per heavy atom. The third-order valence-corrected chi connectivity index (χ3v) is 6.83. The Morgan fingerprint density at radius 3 is 2.07 bits per heavy atom. The van der Waals surface area contributed by atoms with E-state index in [9.17, 15) is 14.7 Å². The monoisotopic (exact) mass is 376 g/mol. The smallest absolute Gasteiger partial charge is 0.317 e. The van der Waals surface area contributed by atoms with Gasteiger partial charge in [0, 0.05) is 11.1 Å². The van der Waals surface area contributed by atoms with Crippen LogP contribution in [0.2, 0.25) is 0 Å². The molecule has 4 nitrogen and oxygen atoms in total. The molecule has 0 aromatic heterocycles. The number of ketones is 1. The number of hydrogen-bond donors (Lipinski definition) is 1. The maximum absolute atomic E-state index is 13.0. The fraction of sp³-hybridized carbons (Fsp3) is 0.417. The average Bonchev–Trinajstić information content (AvgIpc) is 2.67. The number of esters is 1. The Balaban J connectivity index is 1.32. The molecule has 2 aromatic rings. The molecule has 4 aliphatic rings. The molecule has 4 aliphatic carbocycles. The molecule has 0 saturated heterocycles. The molecule has 0 spiro atoms. The first-order chi connectivity index (χ1) is 13.4. The fourth-order valence-electron chi connectivity index (χ4n) is 6.10. The van der Waals surface area contributed by atoms with Crippen LogP contribution in [0.4, 0.5) is 0 Å². The Hall–Kier alpha value is -2.46. The number of ether oxygens (including phenoxy) is 1. The lowest BCUT2D eigenvalue weighted by molar-refractivity contribution is -0.188. The first-order valence-corrected chi connectivity index (χ1v) is 10.1. The first-order valence-electron chi connectivity index (χ1n) is 10.1. The summed E-state index contributed by atoms with van der Waals surface area (Å²) in [5, 5.41) is 10.8. The highest BCUT2D eigenvalue weighted by atomic mass is 16.5. The van der Waals surface area contributed by atoms with Gasteiger partial charge in [-0.1, -0.05) is 30.3 Å². The minimum Gasteiger partial charge on any atom is -0.426 e. The van der Waals surface area contributed by atoms with E-state index in [0.29, 0.717) is 35.1 Å². The van der Waals surface area contributed by atoms with Crippen molar-refractivity contribution in [3.63, 3.8) is 0 Å². The second kappa shape index (κ2) is 6.28. The molecule has 4 bridgehead atoms. The average molecular weight is 376 g/mol. The lowest BCUT2D eigenvalue weighted by Crippen LogP contribution is -2.59. The Labute approximate surface area is 164 Å². The van der Waals surface area contributed by atoms with Crippen molar-refractivity contribution < 1.29 is 19.4 Å². The SMILES string of the molecule is O=C(c1ccccc1)c1ccc(OC(=O)C23C[C@@H]4C[C@@H](CC(O)(C4)C2)C3)cc1. The largest absolute Gasteiger partial charge is 0.426 e. The molecule has 4 saturated carbocycles. The molecule has 4 fully saturated rings. The van der Waals surface area contributed by atoms with E-state index >= 15 is 0 Å². The third kappa shape index (κ3) is 2.96. The Kier molecular flexibility index (Phi) is 3.95. The summed E-state index contributed by atoms with van der Waals surface area (Å²) in [6, 6.07) is 15.9. The Bertz CT molecular complexity index is 901. The summed E-state index contributed by atoms with van der Waals surface area (Å²) in [7, 11) is 0. The van der Waals surface area contributed by atoms with E-state index < -0.39 is 11.0 Å². The van der Waals surface area contributed by atoms with E-state index in [-0.39, 0.29) is 11.8 Å². The van der Waals surface area contributed by atoms with Crippen LogP contribution in [0.25, 0.3) is 0 Å². The maximum Gasteiger partial charge on any atom is 0.317 e. The van der Waals surface area contributed by atoms with Crippen molar-refractivity contribution in [2.45, 2.75) is 44.1 Å². The van der Waals surface area contributed by atoms with Gasteiger partial charge in [-0.15, -0.1) is 0 Å². The number of rotatable bonds is 4. The van der Waals surface area contributed by atoms with Gasteiger partial charge in [0.05, 0.1) is 11.0 Å². The van der Waals surface area contributed by atoms with Gasteiger partial charge in [-0.2, -0.15) is 0 Å². The molecular formula is C24H24O4. The van der Waals surface area contributed by atoms with Crippen molar-refractivity contribution in [3.05, 3.63) is 65.7 Å². The predicted molar refractivity (Wildman–Crippen MR) is 104 cm³/mol. The molecule has 0 radical (unpaired) electrons. The summed E-state index contributed by atoms with van der Waals surface area (Å²) in [6.45, 7) is 0. The zero-order valence-electron chi connectivity index (χ0n) is 15.8. The van der Waals surface area contributed by atoms with Gasteiger partial charge in [0.2, 0.25) is 0 Å².